The summed E-state index contributed by atoms with van der Waals surface area (Å²) < 4.78 is 47.4. The fraction of sp³-hybridized carbons (Fsp3) is 0.367. The topological polar surface area (TPSA) is 99.0 Å². The zero-order chi connectivity index (χ0) is 30.9. The van der Waals surface area contributed by atoms with Gasteiger partial charge in [-0.25, -0.2) is 9.97 Å². The van der Waals surface area contributed by atoms with E-state index in [1.54, 1.807) is 12.4 Å². The molecule has 12 heteroatoms. The van der Waals surface area contributed by atoms with Gasteiger partial charge in [-0.2, -0.15) is 13.2 Å². The van der Waals surface area contributed by atoms with Crippen molar-refractivity contribution in [2.75, 3.05) is 11.9 Å². The summed E-state index contributed by atoms with van der Waals surface area (Å²) in [5, 5.41) is 3.24. The predicted octanol–water partition coefficient (Wildman–Crippen LogP) is 6.84. The van der Waals surface area contributed by atoms with Crippen LogP contribution in [-0.4, -0.2) is 46.1 Å². The highest BCUT2D eigenvalue weighted by molar-refractivity contribution is 6.74. The lowest BCUT2D eigenvalue weighted by atomic mass is 10.1. The molecule has 3 heterocycles. The first kappa shape index (κ1) is 31.0. The third-order valence-electron chi connectivity index (χ3n) is 7.61. The summed E-state index contributed by atoms with van der Waals surface area (Å²) in [4.78, 5) is 38.9. The quantitative estimate of drug-likeness (QED) is 0.168. The van der Waals surface area contributed by atoms with E-state index in [4.69, 9.17) is 4.43 Å². The van der Waals surface area contributed by atoms with E-state index in [0.717, 1.165) is 12.1 Å². The van der Waals surface area contributed by atoms with Gasteiger partial charge in [-0.3, -0.25) is 14.6 Å². The number of hydrogen-bond acceptors (Lipinski definition) is 6. The van der Waals surface area contributed by atoms with Crippen LogP contribution in [0.2, 0.25) is 18.1 Å². The number of fused-ring (bicyclic) bond motifs is 1. The molecule has 3 aromatic heterocycles. The fourth-order valence-electron chi connectivity index (χ4n) is 4.17. The number of carbonyl (C=O) groups is 2. The van der Waals surface area contributed by atoms with Gasteiger partial charge >= 0.3 is 6.18 Å². The van der Waals surface area contributed by atoms with Crippen LogP contribution in [0.15, 0.2) is 61.4 Å². The van der Waals surface area contributed by atoms with Crippen molar-refractivity contribution < 1.29 is 27.2 Å². The summed E-state index contributed by atoms with van der Waals surface area (Å²) in [7, 11) is -2.00. The molecule has 1 aromatic carbocycles. The van der Waals surface area contributed by atoms with E-state index in [-0.39, 0.29) is 40.1 Å². The number of amides is 1. The zero-order valence-electron chi connectivity index (χ0n) is 24.4. The number of hydrogen-bond donors (Lipinski definition) is 1. The third kappa shape index (κ3) is 6.93. The Morgan fingerprint density at radius 1 is 1.07 bits per heavy atom. The Morgan fingerprint density at radius 2 is 1.81 bits per heavy atom. The van der Waals surface area contributed by atoms with Crippen LogP contribution in [0.3, 0.4) is 0 Å². The molecule has 4 rings (SSSR count). The molecular weight excluding hydrogens is 563 g/mol. The molecule has 8 nitrogen and oxygen atoms in total. The van der Waals surface area contributed by atoms with Crippen LogP contribution in [0.5, 0.6) is 0 Å². The lowest BCUT2D eigenvalue weighted by Gasteiger charge is -2.37. The van der Waals surface area contributed by atoms with Gasteiger partial charge in [0.05, 0.1) is 42.1 Å². The van der Waals surface area contributed by atoms with Crippen molar-refractivity contribution in [3.8, 4) is 0 Å². The highest BCUT2D eigenvalue weighted by atomic mass is 28.4. The normalized spacial score (nSPS) is 13.3. The van der Waals surface area contributed by atoms with Gasteiger partial charge in [-0.05, 0) is 42.8 Å². The first-order chi connectivity index (χ1) is 19.6. The van der Waals surface area contributed by atoms with Crippen LogP contribution in [0.1, 0.15) is 60.8 Å². The number of ketones is 1. The molecule has 0 spiro atoms. The standard InChI is InChI=1S/C30H34F3N5O3Si/c1-19(17-41-42(5,6)29(2,3)4)38-16-25(24-15-35-18-36-28(24)38)27(40)21-12-23(14-34-13-21)37-26(39)11-20-8-7-9-22(10-20)30(31,32)33/h7-10,12-16,18-19H,11,17H2,1-6H3,(H,37,39)/t19-/m0/s1. The average Bonchev–Trinajstić information content (AvgIpc) is 3.30. The van der Waals surface area contributed by atoms with Crippen molar-refractivity contribution in [3.05, 3.63) is 83.7 Å². The molecule has 0 saturated heterocycles. The Morgan fingerprint density at radius 3 is 2.50 bits per heavy atom. The first-order valence-electron chi connectivity index (χ1n) is 13.5. The molecule has 4 aromatic rings. The van der Waals surface area contributed by atoms with Crippen LogP contribution in [0.25, 0.3) is 11.0 Å². The number of carbonyl (C=O) groups excluding carboxylic acids is 2. The van der Waals surface area contributed by atoms with Gasteiger partial charge in [0, 0.05) is 29.5 Å². The summed E-state index contributed by atoms with van der Waals surface area (Å²) in [6.07, 6.45) is 2.73. The molecule has 0 aliphatic heterocycles. The molecule has 0 aliphatic rings. The van der Waals surface area contributed by atoms with Gasteiger partial charge in [0.1, 0.15) is 12.0 Å². The monoisotopic (exact) mass is 597 g/mol. The van der Waals surface area contributed by atoms with Crippen molar-refractivity contribution >= 4 is 36.7 Å². The van der Waals surface area contributed by atoms with Crippen molar-refractivity contribution in [1.82, 2.24) is 19.5 Å². The molecule has 1 amide bonds. The second-order valence-corrected chi connectivity index (χ2v) is 16.7. The zero-order valence-corrected chi connectivity index (χ0v) is 25.4. The van der Waals surface area contributed by atoms with Gasteiger partial charge in [0.2, 0.25) is 5.91 Å². The Hall–Kier alpha value is -3.90. The van der Waals surface area contributed by atoms with Crippen molar-refractivity contribution in [3.63, 3.8) is 0 Å². The Kier molecular flexibility index (Phi) is 8.70. The predicted molar refractivity (Wildman–Crippen MR) is 157 cm³/mol. The summed E-state index contributed by atoms with van der Waals surface area (Å²) >= 11 is 0. The molecule has 0 radical (unpaired) electrons. The minimum Gasteiger partial charge on any atom is -0.415 e. The van der Waals surface area contributed by atoms with Crippen LogP contribution in [-0.2, 0) is 21.8 Å². The number of rotatable bonds is 9. The summed E-state index contributed by atoms with van der Waals surface area (Å²) in [6.45, 7) is 13.3. The van der Waals surface area contributed by atoms with E-state index in [1.807, 2.05) is 11.5 Å². The molecule has 42 heavy (non-hydrogen) atoms. The number of anilines is 1. The highest BCUT2D eigenvalue weighted by Gasteiger charge is 2.37. The third-order valence-corrected chi connectivity index (χ3v) is 12.1. The van der Waals surface area contributed by atoms with Gasteiger partial charge in [-0.15, -0.1) is 0 Å². The van der Waals surface area contributed by atoms with Crippen LogP contribution >= 0.6 is 0 Å². The van der Waals surface area contributed by atoms with E-state index >= 15 is 0 Å². The second-order valence-electron chi connectivity index (χ2n) is 11.8. The average molecular weight is 598 g/mol. The van der Waals surface area contributed by atoms with Crippen molar-refractivity contribution in [2.45, 2.75) is 64.5 Å². The Labute approximate surface area is 243 Å². The molecule has 0 aliphatic carbocycles. The van der Waals surface area contributed by atoms with E-state index in [0.29, 0.717) is 23.2 Å². The molecule has 0 unspecified atom stereocenters. The minimum absolute atomic E-state index is 0.0509. The SMILES string of the molecule is C[C@@H](CO[Si](C)(C)C(C)(C)C)n1cc(C(=O)c2cncc(NC(=O)Cc3cccc(C(F)(F)F)c3)c2)c2cncnc21. The van der Waals surface area contributed by atoms with Gasteiger partial charge in [-0.1, -0.05) is 39.0 Å². The van der Waals surface area contributed by atoms with E-state index in [2.05, 4.69) is 54.1 Å². The minimum atomic E-state index is -4.51. The van der Waals surface area contributed by atoms with E-state index in [9.17, 15) is 22.8 Å². The van der Waals surface area contributed by atoms with Gasteiger partial charge in [0.25, 0.3) is 0 Å². The molecule has 222 valence electrons. The summed E-state index contributed by atoms with van der Waals surface area (Å²) in [6, 6.07) is 5.96. The maximum atomic E-state index is 13.7. The molecule has 1 N–H and O–H groups in total. The molecule has 1 atom stereocenters. The smallest absolute Gasteiger partial charge is 0.415 e. The molecule has 0 saturated carbocycles. The summed E-state index contributed by atoms with van der Waals surface area (Å²) in [5.41, 5.74) is 0.819. The van der Waals surface area contributed by atoms with Gasteiger partial charge in [0.15, 0.2) is 14.1 Å². The van der Waals surface area contributed by atoms with Gasteiger partial charge < -0.3 is 14.3 Å². The number of nitrogens with zero attached hydrogens (tertiary/aromatic N) is 4. The molecule has 0 fully saturated rings. The van der Waals surface area contributed by atoms with E-state index in [1.165, 1.54) is 36.9 Å². The lowest BCUT2D eigenvalue weighted by Crippen LogP contribution is -2.41. The second kappa shape index (κ2) is 11.8. The number of aromatic nitrogens is 4. The lowest BCUT2D eigenvalue weighted by molar-refractivity contribution is -0.137. The van der Waals surface area contributed by atoms with E-state index < -0.39 is 26.0 Å². The molecule has 0 bridgehead atoms. The number of halogens is 3. The number of pyridine rings is 1. The van der Waals surface area contributed by atoms with Crippen molar-refractivity contribution in [1.29, 1.82) is 0 Å². The highest BCUT2D eigenvalue weighted by Crippen LogP contribution is 2.37. The maximum Gasteiger partial charge on any atom is 0.416 e. The summed E-state index contributed by atoms with van der Waals surface area (Å²) in [5.74, 6) is -0.881. The largest absolute Gasteiger partial charge is 0.416 e. The fourth-order valence-corrected chi connectivity index (χ4v) is 5.26. The van der Waals surface area contributed by atoms with Crippen LogP contribution < -0.4 is 5.32 Å². The Balaban J connectivity index is 1.53. The first-order valence-corrected chi connectivity index (χ1v) is 16.4. The van der Waals surface area contributed by atoms with Crippen LogP contribution in [0, 0.1) is 0 Å². The maximum absolute atomic E-state index is 13.7. The number of benzene rings is 1. The van der Waals surface area contributed by atoms with Crippen LogP contribution in [0.4, 0.5) is 18.9 Å². The Bertz CT molecular complexity index is 1610. The number of alkyl halides is 3. The number of nitrogens with one attached hydrogen (secondary N) is 1. The van der Waals surface area contributed by atoms with Crippen molar-refractivity contribution in [2.24, 2.45) is 0 Å². The molecular formula is C30H34F3N5O3Si.